The first-order chi connectivity index (χ1) is 12.8. The summed E-state index contributed by atoms with van der Waals surface area (Å²) in [5.74, 6) is -3.27. The maximum Gasteiger partial charge on any atom is 0.337 e. The van der Waals surface area contributed by atoms with Crippen molar-refractivity contribution in [2.75, 3.05) is 35.9 Å². The van der Waals surface area contributed by atoms with Gasteiger partial charge in [0.2, 0.25) is 0 Å². The van der Waals surface area contributed by atoms with Crippen LogP contribution in [0.15, 0.2) is 41.3 Å². The average molecular weight is 398 g/mol. The van der Waals surface area contributed by atoms with E-state index in [0.717, 1.165) is 12.1 Å². The van der Waals surface area contributed by atoms with E-state index in [2.05, 4.69) is 4.72 Å². The molecule has 0 atom stereocenters. The summed E-state index contributed by atoms with van der Waals surface area (Å²) in [5, 5.41) is 9.47. The number of morpholine rings is 1. The Morgan fingerprint density at radius 3 is 2.48 bits per heavy atom. The fraction of sp³-hybridized carbons (Fsp3) is 0.235. The molecule has 0 bridgehead atoms. The Balaban J connectivity index is 1.94. The molecular formula is C17H16F2N2O5S. The van der Waals surface area contributed by atoms with E-state index in [0.29, 0.717) is 44.1 Å². The van der Waals surface area contributed by atoms with Crippen molar-refractivity contribution in [3.05, 3.63) is 53.6 Å². The van der Waals surface area contributed by atoms with Gasteiger partial charge in [0.05, 0.1) is 24.5 Å². The highest BCUT2D eigenvalue weighted by Gasteiger charge is 2.23. The molecule has 1 saturated heterocycles. The fourth-order valence-corrected chi connectivity index (χ4v) is 3.88. The third-order valence-corrected chi connectivity index (χ3v) is 5.41. The number of benzene rings is 2. The van der Waals surface area contributed by atoms with E-state index in [-0.39, 0.29) is 11.3 Å². The van der Waals surface area contributed by atoms with Crippen molar-refractivity contribution in [2.45, 2.75) is 4.90 Å². The van der Waals surface area contributed by atoms with Crippen LogP contribution < -0.4 is 9.62 Å². The van der Waals surface area contributed by atoms with Crippen LogP contribution in [0.4, 0.5) is 20.2 Å². The summed E-state index contributed by atoms with van der Waals surface area (Å²) in [5.41, 5.74) is 0.232. The van der Waals surface area contributed by atoms with Crippen LogP contribution in [0, 0.1) is 11.6 Å². The molecule has 0 radical (unpaired) electrons. The van der Waals surface area contributed by atoms with Gasteiger partial charge in [-0.25, -0.2) is 22.0 Å². The number of carboxylic acid groups (broad SMARTS) is 1. The number of carbonyl (C=O) groups is 1. The Morgan fingerprint density at radius 1 is 1.11 bits per heavy atom. The van der Waals surface area contributed by atoms with E-state index >= 15 is 0 Å². The van der Waals surface area contributed by atoms with Crippen molar-refractivity contribution in [1.82, 2.24) is 0 Å². The molecule has 27 heavy (non-hydrogen) atoms. The predicted molar refractivity (Wildman–Crippen MR) is 93.6 cm³/mol. The van der Waals surface area contributed by atoms with Gasteiger partial charge in [-0.15, -0.1) is 0 Å². The van der Waals surface area contributed by atoms with Crippen LogP contribution in [0.2, 0.25) is 0 Å². The maximum atomic E-state index is 13.8. The van der Waals surface area contributed by atoms with Crippen LogP contribution in [-0.2, 0) is 14.8 Å². The topological polar surface area (TPSA) is 95.9 Å². The zero-order chi connectivity index (χ0) is 19.6. The predicted octanol–water partition coefficient (Wildman–Crippen LogP) is 2.30. The van der Waals surface area contributed by atoms with Crippen LogP contribution in [-0.4, -0.2) is 45.8 Å². The molecule has 2 N–H and O–H groups in total. The smallest absolute Gasteiger partial charge is 0.337 e. The first-order valence-corrected chi connectivity index (χ1v) is 9.44. The van der Waals surface area contributed by atoms with Crippen molar-refractivity contribution >= 4 is 27.4 Å². The van der Waals surface area contributed by atoms with Gasteiger partial charge in [-0.1, -0.05) is 0 Å². The summed E-state index contributed by atoms with van der Waals surface area (Å²) in [7, 11) is -4.44. The molecule has 1 heterocycles. The van der Waals surface area contributed by atoms with Crippen LogP contribution in [0.5, 0.6) is 0 Å². The Bertz CT molecular complexity index is 975. The van der Waals surface area contributed by atoms with Crippen molar-refractivity contribution in [3.63, 3.8) is 0 Å². The molecule has 1 aliphatic heterocycles. The lowest BCUT2D eigenvalue weighted by Crippen LogP contribution is -2.37. The first-order valence-electron chi connectivity index (χ1n) is 7.96. The Kier molecular flexibility index (Phi) is 5.29. The molecule has 0 unspecified atom stereocenters. The van der Waals surface area contributed by atoms with Crippen LogP contribution >= 0.6 is 0 Å². The van der Waals surface area contributed by atoms with Gasteiger partial charge in [0.15, 0.2) is 0 Å². The molecule has 144 valence electrons. The molecule has 2 aromatic carbocycles. The van der Waals surface area contributed by atoms with Gasteiger partial charge in [-0.3, -0.25) is 4.72 Å². The van der Waals surface area contributed by atoms with Gasteiger partial charge in [-0.2, -0.15) is 0 Å². The zero-order valence-electron chi connectivity index (χ0n) is 14.0. The maximum absolute atomic E-state index is 13.8. The minimum atomic E-state index is -4.44. The normalized spacial score (nSPS) is 14.8. The monoisotopic (exact) mass is 398 g/mol. The number of nitrogens with zero attached hydrogens (tertiary/aromatic N) is 1. The summed E-state index contributed by atoms with van der Waals surface area (Å²) in [6.07, 6.45) is 0. The molecule has 0 spiro atoms. The number of rotatable bonds is 5. The molecule has 0 aliphatic carbocycles. The molecule has 1 aliphatic rings. The van der Waals surface area contributed by atoms with E-state index in [1.54, 1.807) is 0 Å². The molecule has 10 heteroatoms. The van der Waals surface area contributed by atoms with Crippen LogP contribution in [0.1, 0.15) is 10.4 Å². The van der Waals surface area contributed by atoms with Gasteiger partial charge < -0.3 is 14.7 Å². The molecule has 1 fully saturated rings. The number of aromatic carboxylic acids is 1. The van der Waals surface area contributed by atoms with Gasteiger partial charge in [-0.05, 0) is 36.4 Å². The summed E-state index contributed by atoms with van der Waals surface area (Å²) < 4.78 is 59.1. The number of hydrogen-bond donors (Lipinski definition) is 2. The van der Waals surface area contributed by atoms with E-state index in [1.807, 2.05) is 4.90 Å². The summed E-state index contributed by atoms with van der Waals surface area (Å²) in [4.78, 5) is 12.6. The SMILES string of the molecule is O=C(O)c1cc(NS(=O)(=O)c2cc(F)ccc2F)ccc1N1CCOCC1. The number of sulfonamides is 1. The Labute approximate surface area is 154 Å². The van der Waals surface area contributed by atoms with Crippen molar-refractivity contribution < 1.29 is 31.8 Å². The molecule has 0 aromatic heterocycles. The molecule has 0 saturated carbocycles. The largest absolute Gasteiger partial charge is 0.478 e. The van der Waals surface area contributed by atoms with E-state index < -0.39 is 32.5 Å². The van der Waals surface area contributed by atoms with Gasteiger partial charge in [0.1, 0.15) is 16.5 Å². The van der Waals surface area contributed by atoms with E-state index in [4.69, 9.17) is 4.74 Å². The summed E-state index contributed by atoms with van der Waals surface area (Å²) >= 11 is 0. The van der Waals surface area contributed by atoms with Crippen molar-refractivity contribution in [1.29, 1.82) is 0 Å². The summed E-state index contributed by atoms with van der Waals surface area (Å²) in [6, 6.07) is 6.03. The van der Waals surface area contributed by atoms with Gasteiger partial charge >= 0.3 is 5.97 Å². The van der Waals surface area contributed by atoms with Crippen LogP contribution in [0.3, 0.4) is 0 Å². The number of halogens is 2. The quantitative estimate of drug-likeness (QED) is 0.803. The minimum Gasteiger partial charge on any atom is -0.478 e. The average Bonchev–Trinajstić information content (AvgIpc) is 2.64. The third kappa shape index (κ3) is 4.17. The van der Waals surface area contributed by atoms with Gasteiger partial charge in [0, 0.05) is 18.8 Å². The number of nitrogens with one attached hydrogen (secondary N) is 1. The standard InChI is InChI=1S/C17H16F2N2O5S/c18-11-1-3-14(19)16(9-11)27(24,25)20-12-2-4-15(13(10-12)17(22)23)21-5-7-26-8-6-21/h1-4,9-10,20H,5-8H2,(H,22,23). The highest BCUT2D eigenvalue weighted by Crippen LogP contribution is 2.27. The molecule has 2 aromatic rings. The molecular weight excluding hydrogens is 382 g/mol. The molecule has 7 nitrogen and oxygen atoms in total. The zero-order valence-corrected chi connectivity index (χ0v) is 14.8. The first kappa shape index (κ1) is 19.1. The Morgan fingerprint density at radius 2 is 1.81 bits per heavy atom. The number of ether oxygens (including phenoxy) is 1. The second-order valence-electron chi connectivity index (χ2n) is 5.82. The summed E-state index contributed by atoms with van der Waals surface area (Å²) in [6.45, 7) is 1.90. The second-order valence-corrected chi connectivity index (χ2v) is 7.47. The highest BCUT2D eigenvalue weighted by molar-refractivity contribution is 7.92. The third-order valence-electron chi connectivity index (χ3n) is 4.01. The Hall–Kier alpha value is -2.72. The fourth-order valence-electron chi connectivity index (χ4n) is 2.74. The lowest BCUT2D eigenvalue weighted by atomic mass is 10.1. The number of carboxylic acids is 1. The lowest BCUT2D eigenvalue weighted by Gasteiger charge is -2.30. The minimum absolute atomic E-state index is 0.0759. The second kappa shape index (κ2) is 7.49. The highest BCUT2D eigenvalue weighted by atomic mass is 32.2. The number of hydrogen-bond acceptors (Lipinski definition) is 5. The van der Waals surface area contributed by atoms with Crippen LogP contribution in [0.25, 0.3) is 0 Å². The van der Waals surface area contributed by atoms with Crippen molar-refractivity contribution in [2.24, 2.45) is 0 Å². The molecule has 3 rings (SSSR count). The van der Waals surface area contributed by atoms with Gasteiger partial charge in [0.25, 0.3) is 10.0 Å². The van der Waals surface area contributed by atoms with Crippen molar-refractivity contribution in [3.8, 4) is 0 Å². The lowest BCUT2D eigenvalue weighted by molar-refractivity contribution is 0.0696. The molecule has 0 amide bonds. The number of anilines is 2. The van der Waals surface area contributed by atoms with E-state index in [1.165, 1.54) is 12.1 Å². The van der Waals surface area contributed by atoms with E-state index in [9.17, 15) is 27.1 Å².